The molecule has 1 amide bonds. The minimum atomic E-state index is -3.30. The van der Waals surface area contributed by atoms with Crippen molar-refractivity contribution in [3.8, 4) is 16.9 Å². The fourth-order valence-corrected chi connectivity index (χ4v) is 4.15. The first-order chi connectivity index (χ1) is 14.9. The molecule has 0 aromatic heterocycles. The Labute approximate surface area is 189 Å². The molecule has 6 nitrogen and oxygen atoms in total. The molecule has 0 N–H and O–H groups in total. The summed E-state index contributed by atoms with van der Waals surface area (Å²) in [5.74, 6) is 0.280. The van der Waals surface area contributed by atoms with E-state index in [1.165, 1.54) is 18.2 Å². The molecule has 1 saturated heterocycles. The van der Waals surface area contributed by atoms with Crippen LogP contribution in [0.5, 0.6) is 5.75 Å². The van der Waals surface area contributed by atoms with E-state index in [1.807, 2.05) is 20.8 Å². The molecule has 174 valence electrons. The number of hydrogen-bond acceptors (Lipinski definition) is 5. The second kappa shape index (κ2) is 9.48. The monoisotopic (exact) mass is 463 g/mol. The van der Waals surface area contributed by atoms with Crippen molar-refractivity contribution < 1.29 is 27.1 Å². The van der Waals surface area contributed by atoms with Gasteiger partial charge in [0.2, 0.25) is 0 Å². The van der Waals surface area contributed by atoms with Gasteiger partial charge in [0.1, 0.15) is 17.2 Å². The molecule has 0 spiro atoms. The second-order valence-electron chi connectivity index (χ2n) is 9.16. The molecule has 0 atom stereocenters. The number of amides is 1. The second-order valence-corrected chi connectivity index (χ2v) is 11.2. The minimum absolute atomic E-state index is 0.194. The summed E-state index contributed by atoms with van der Waals surface area (Å²) in [6.45, 7) is 7.21. The van der Waals surface area contributed by atoms with Crippen molar-refractivity contribution in [2.24, 2.45) is 5.92 Å². The van der Waals surface area contributed by atoms with Gasteiger partial charge in [-0.2, -0.15) is 0 Å². The largest absolute Gasteiger partial charge is 0.493 e. The lowest BCUT2D eigenvalue weighted by atomic mass is 9.98. The summed E-state index contributed by atoms with van der Waals surface area (Å²) in [4.78, 5) is 14.1. The van der Waals surface area contributed by atoms with Gasteiger partial charge in [0.15, 0.2) is 9.84 Å². The van der Waals surface area contributed by atoms with E-state index in [-0.39, 0.29) is 16.9 Å². The number of sulfone groups is 1. The molecule has 8 heteroatoms. The van der Waals surface area contributed by atoms with Gasteiger partial charge in [-0.1, -0.05) is 12.1 Å². The lowest BCUT2D eigenvalue weighted by molar-refractivity contribution is 0.0165. The number of halogens is 1. The van der Waals surface area contributed by atoms with E-state index in [2.05, 4.69) is 0 Å². The fraction of sp³-hybridized carbons (Fsp3) is 0.458. The first kappa shape index (κ1) is 24.0. The van der Waals surface area contributed by atoms with Crippen molar-refractivity contribution in [1.82, 2.24) is 4.90 Å². The highest BCUT2D eigenvalue weighted by molar-refractivity contribution is 7.90. The van der Waals surface area contributed by atoms with E-state index < -0.39 is 21.3 Å². The van der Waals surface area contributed by atoms with E-state index in [0.29, 0.717) is 36.6 Å². The normalized spacial score (nSPS) is 15.5. The highest BCUT2D eigenvalue weighted by Crippen LogP contribution is 2.28. The minimum Gasteiger partial charge on any atom is -0.493 e. The van der Waals surface area contributed by atoms with E-state index in [0.717, 1.165) is 19.1 Å². The van der Waals surface area contributed by atoms with Crippen LogP contribution >= 0.6 is 0 Å². The average molecular weight is 464 g/mol. The van der Waals surface area contributed by atoms with Crippen molar-refractivity contribution >= 4 is 15.9 Å². The molecule has 1 aliphatic rings. The summed E-state index contributed by atoms with van der Waals surface area (Å²) < 4.78 is 49.0. The number of ether oxygens (including phenoxy) is 2. The standard InChI is InChI=1S/C24H30FNO5S/c1-24(2,3)31-23(27)26-13-11-17(12-14-26)16-30-19-7-10-21(22(25)15-19)18-5-8-20(9-6-18)32(4,28)29/h5-10,15,17H,11-14,16H2,1-4H3. The van der Waals surface area contributed by atoms with Gasteiger partial charge in [-0.25, -0.2) is 17.6 Å². The number of nitrogens with zero attached hydrogens (tertiary/aromatic N) is 1. The van der Waals surface area contributed by atoms with Crippen LogP contribution in [-0.4, -0.2) is 51.0 Å². The van der Waals surface area contributed by atoms with Crippen LogP contribution in [0.25, 0.3) is 11.1 Å². The molecule has 0 saturated carbocycles. The van der Waals surface area contributed by atoms with E-state index in [4.69, 9.17) is 9.47 Å². The Morgan fingerprint density at radius 2 is 1.72 bits per heavy atom. The maximum atomic E-state index is 14.7. The number of piperidine rings is 1. The first-order valence-electron chi connectivity index (χ1n) is 10.6. The highest BCUT2D eigenvalue weighted by atomic mass is 32.2. The number of carbonyl (C=O) groups is 1. The third kappa shape index (κ3) is 6.45. The summed E-state index contributed by atoms with van der Waals surface area (Å²) in [6.07, 6.45) is 2.44. The van der Waals surface area contributed by atoms with Crippen molar-refractivity contribution in [2.75, 3.05) is 26.0 Å². The van der Waals surface area contributed by atoms with E-state index in [1.54, 1.807) is 29.2 Å². The Bertz CT molecular complexity index is 1050. The highest BCUT2D eigenvalue weighted by Gasteiger charge is 2.27. The van der Waals surface area contributed by atoms with Crippen LogP contribution in [0, 0.1) is 11.7 Å². The van der Waals surface area contributed by atoms with Crippen LogP contribution in [-0.2, 0) is 14.6 Å². The first-order valence-corrected chi connectivity index (χ1v) is 12.5. The van der Waals surface area contributed by atoms with Gasteiger partial charge in [0.05, 0.1) is 11.5 Å². The zero-order chi connectivity index (χ0) is 23.5. The molecule has 1 heterocycles. The van der Waals surface area contributed by atoms with Gasteiger partial charge in [-0.05, 0) is 69.4 Å². The van der Waals surface area contributed by atoms with Gasteiger partial charge in [0, 0.05) is 31.0 Å². The number of rotatable bonds is 5. The van der Waals surface area contributed by atoms with Crippen molar-refractivity contribution in [3.05, 3.63) is 48.3 Å². The molecule has 3 rings (SSSR count). The zero-order valence-electron chi connectivity index (χ0n) is 18.9. The van der Waals surface area contributed by atoms with Gasteiger partial charge >= 0.3 is 6.09 Å². The predicted octanol–water partition coefficient (Wildman–Crippen LogP) is 4.92. The van der Waals surface area contributed by atoms with Crippen LogP contribution in [0.3, 0.4) is 0 Å². The molecule has 1 aliphatic heterocycles. The molecule has 0 radical (unpaired) electrons. The SMILES string of the molecule is CC(C)(C)OC(=O)N1CCC(COc2ccc(-c3ccc(S(C)(=O)=O)cc3)c(F)c2)CC1. The predicted molar refractivity (Wildman–Crippen MR) is 121 cm³/mol. The Morgan fingerprint density at radius 3 is 2.25 bits per heavy atom. The molecule has 2 aromatic carbocycles. The van der Waals surface area contributed by atoms with Crippen LogP contribution in [0.1, 0.15) is 33.6 Å². The zero-order valence-corrected chi connectivity index (χ0v) is 19.7. The average Bonchev–Trinajstić information content (AvgIpc) is 2.71. The fourth-order valence-electron chi connectivity index (χ4n) is 3.52. The quantitative estimate of drug-likeness (QED) is 0.629. The maximum Gasteiger partial charge on any atom is 0.410 e. The van der Waals surface area contributed by atoms with Gasteiger partial charge < -0.3 is 14.4 Å². The Balaban J connectivity index is 1.54. The number of carbonyl (C=O) groups excluding carboxylic acids is 1. The van der Waals surface area contributed by atoms with Crippen LogP contribution in [0.4, 0.5) is 9.18 Å². The smallest absolute Gasteiger partial charge is 0.410 e. The Hall–Kier alpha value is -2.61. The van der Waals surface area contributed by atoms with E-state index >= 15 is 0 Å². The van der Waals surface area contributed by atoms with Gasteiger partial charge in [-0.3, -0.25) is 0 Å². The van der Waals surface area contributed by atoms with Crippen molar-refractivity contribution in [3.63, 3.8) is 0 Å². The summed E-state index contributed by atoms with van der Waals surface area (Å²) in [5, 5.41) is 0. The van der Waals surface area contributed by atoms with Crippen molar-refractivity contribution in [2.45, 2.75) is 44.1 Å². The van der Waals surface area contributed by atoms with Crippen LogP contribution in [0.2, 0.25) is 0 Å². The lowest BCUT2D eigenvalue weighted by Gasteiger charge is -2.33. The molecule has 2 aromatic rings. The Kier molecular flexibility index (Phi) is 7.12. The van der Waals surface area contributed by atoms with Crippen molar-refractivity contribution in [1.29, 1.82) is 0 Å². The topological polar surface area (TPSA) is 72.9 Å². The molecular formula is C24H30FNO5S. The summed E-state index contributed by atoms with van der Waals surface area (Å²) in [5.41, 5.74) is 0.460. The third-order valence-electron chi connectivity index (χ3n) is 5.29. The number of likely N-dealkylation sites (tertiary alicyclic amines) is 1. The lowest BCUT2D eigenvalue weighted by Crippen LogP contribution is -2.42. The van der Waals surface area contributed by atoms with Gasteiger partial charge in [0.25, 0.3) is 0 Å². The molecular weight excluding hydrogens is 433 g/mol. The van der Waals surface area contributed by atoms with Gasteiger partial charge in [-0.15, -0.1) is 0 Å². The molecule has 32 heavy (non-hydrogen) atoms. The summed E-state index contributed by atoms with van der Waals surface area (Å²) >= 11 is 0. The third-order valence-corrected chi connectivity index (χ3v) is 6.41. The van der Waals surface area contributed by atoms with Crippen LogP contribution in [0.15, 0.2) is 47.4 Å². The van der Waals surface area contributed by atoms with Crippen LogP contribution < -0.4 is 4.74 Å². The number of hydrogen-bond donors (Lipinski definition) is 0. The molecule has 0 bridgehead atoms. The summed E-state index contributed by atoms with van der Waals surface area (Å²) in [7, 11) is -3.30. The molecule has 1 fully saturated rings. The molecule has 0 aliphatic carbocycles. The number of benzene rings is 2. The molecule has 0 unspecified atom stereocenters. The van der Waals surface area contributed by atoms with E-state index in [9.17, 15) is 17.6 Å². The Morgan fingerprint density at radius 1 is 1.09 bits per heavy atom. The maximum absolute atomic E-state index is 14.7. The summed E-state index contributed by atoms with van der Waals surface area (Å²) in [6, 6.07) is 10.8.